The van der Waals surface area contributed by atoms with E-state index in [1.54, 1.807) is 18.2 Å². The van der Waals surface area contributed by atoms with Crippen molar-refractivity contribution in [2.24, 2.45) is 0 Å². The molecule has 9 heteroatoms. The van der Waals surface area contributed by atoms with E-state index in [-0.39, 0.29) is 19.1 Å². The third kappa shape index (κ3) is 4.57. The summed E-state index contributed by atoms with van der Waals surface area (Å²) >= 11 is 1.26. The molecule has 0 aliphatic carbocycles. The van der Waals surface area contributed by atoms with Crippen LogP contribution in [-0.4, -0.2) is 36.8 Å². The number of nitrogen functional groups attached to an aromatic ring is 1. The van der Waals surface area contributed by atoms with Crippen molar-refractivity contribution in [2.75, 3.05) is 25.5 Å². The Balaban J connectivity index is 1.84. The SMILES string of the molecule is Nc1nc2ccc(C(=O)NCCOCC(F)(F)F)cc2s1. The predicted molar refractivity (Wildman–Crippen MR) is 73.2 cm³/mol. The van der Waals surface area contributed by atoms with Crippen molar-refractivity contribution in [3.05, 3.63) is 23.8 Å². The predicted octanol–water partition coefficient (Wildman–Crippen LogP) is 2.19. The fraction of sp³-hybridized carbons (Fsp3) is 0.333. The third-order valence-corrected chi connectivity index (χ3v) is 3.31. The van der Waals surface area contributed by atoms with Crippen LogP contribution in [0.1, 0.15) is 10.4 Å². The van der Waals surface area contributed by atoms with E-state index in [2.05, 4.69) is 15.0 Å². The number of fused-ring (bicyclic) bond motifs is 1. The summed E-state index contributed by atoms with van der Waals surface area (Å²) in [6, 6.07) is 4.87. The summed E-state index contributed by atoms with van der Waals surface area (Å²) in [5.41, 5.74) is 6.65. The lowest BCUT2D eigenvalue weighted by Crippen LogP contribution is -2.28. The molecule has 1 amide bonds. The maximum atomic E-state index is 11.8. The second-order valence-electron chi connectivity index (χ2n) is 4.16. The number of carbonyl (C=O) groups is 1. The minimum Gasteiger partial charge on any atom is -0.375 e. The summed E-state index contributed by atoms with van der Waals surface area (Å²) in [6.45, 7) is -1.53. The molecule has 0 saturated carbocycles. The Morgan fingerprint density at radius 3 is 2.90 bits per heavy atom. The van der Waals surface area contributed by atoms with E-state index in [4.69, 9.17) is 5.73 Å². The standard InChI is InChI=1S/C12H12F3N3O2S/c13-12(14,15)6-20-4-3-17-10(19)7-1-2-8-9(5-7)21-11(16)18-8/h1-2,5H,3-4,6H2,(H2,16,18)(H,17,19). The minimum absolute atomic E-state index is 0.00220. The number of benzene rings is 1. The van der Waals surface area contributed by atoms with Crippen LogP contribution >= 0.6 is 11.3 Å². The normalized spacial score (nSPS) is 11.8. The number of hydrogen-bond acceptors (Lipinski definition) is 5. The van der Waals surface area contributed by atoms with Gasteiger partial charge in [-0.15, -0.1) is 0 Å². The van der Waals surface area contributed by atoms with Gasteiger partial charge in [0.15, 0.2) is 5.13 Å². The smallest absolute Gasteiger partial charge is 0.375 e. The Bertz CT molecular complexity index is 642. The second-order valence-corrected chi connectivity index (χ2v) is 5.22. The minimum atomic E-state index is -4.36. The Hall–Kier alpha value is -1.87. The molecule has 0 bridgehead atoms. The number of amides is 1. The topological polar surface area (TPSA) is 77.2 Å². The third-order valence-electron chi connectivity index (χ3n) is 2.46. The summed E-state index contributed by atoms with van der Waals surface area (Å²) < 4.78 is 40.7. The number of anilines is 1. The van der Waals surface area contributed by atoms with Gasteiger partial charge in [0.25, 0.3) is 5.91 Å². The highest BCUT2D eigenvalue weighted by Crippen LogP contribution is 2.24. The number of ether oxygens (including phenoxy) is 1. The Labute approximate surface area is 121 Å². The molecule has 0 atom stereocenters. The number of carbonyl (C=O) groups excluding carboxylic acids is 1. The van der Waals surface area contributed by atoms with Gasteiger partial charge in [-0.1, -0.05) is 11.3 Å². The molecule has 1 heterocycles. The highest BCUT2D eigenvalue weighted by molar-refractivity contribution is 7.22. The van der Waals surface area contributed by atoms with Crippen molar-refractivity contribution in [3.63, 3.8) is 0 Å². The number of thiazole rings is 1. The number of nitrogens with zero attached hydrogens (tertiary/aromatic N) is 1. The van der Waals surface area contributed by atoms with E-state index < -0.39 is 12.8 Å². The van der Waals surface area contributed by atoms with Crippen molar-refractivity contribution in [2.45, 2.75) is 6.18 Å². The number of hydrogen-bond donors (Lipinski definition) is 2. The van der Waals surface area contributed by atoms with Crippen LogP contribution in [0.15, 0.2) is 18.2 Å². The number of rotatable bonds is 5. The first kappa shape index (κ1) is 15.5. The van der Waals surface area contributed by atoms with Gasteiger partial charge in [-0.05, 0) is 18.2 Å². The van der Waals surface area contributed by atoms with Gasteiger partial charge >= 0.3 is 6.18 Å². The van der Waals surface area contributed by atoms with Crippen LogP contribution in [0.4, 0.5) is 18.3 Å². The molecule has 0 aliphatic rings. The van der Waals surface area contributed by atoms with E-state index >= 15 is 0 Å². The fourth-order valence-corrected chi connectivity index (χ4v) is 2.38. The molecule has 0 fully saturated rings. The van der Waals surface area contributed by atoms with Crippen molar-refractivity contribution < 1.29 is 22.7 Å². The number of alkyl halides is 3. The number of halogens is 3. The fourth-order valence-electron chi connectivity index (χ4n) is 1.61. The van der Waals surface area contributed by atoms with E-state index in [0.29, 0.717) is 16.2 Å². The Morgan fingerprint density at radius 2 is 2.19 bits per heavy atom. The molecular weight excluding hydrogens is 307 g/mol. The van der Waals surface area contributed by atoms with Gasteiger partial charge < -0.3 is 15.8 Å². The van der Waals surface area contributed by atoms with Crippen LogP contribution in [0.25, 0.3) is 10.2 Å². The number of aromatic nitrogens is 1. The maximum absolute atomic E-state index is 11.8. The van der Waals surface area contributed by atoms with Crippen LogP contribution in [-0.2, 0) is 4.74 Å². The summed E-state index contributed by atoms with van der Waals surface area (Å²) in [5.74, 6) is -0.389. The molecule has 0 radical (unpaired) electrons. The van der Waals surface area contributed by atoms with Gasteiger partial charge in [0.1, 0.15) is 6.61 Å². The summed E-state index contributed by atoms with van der Waals surface area (Å²) in [4.78, 5) is 15.9. The number of nitrogens with one attached hydrogen (secondary N) is 1. The van der Waals surface area contributed by atoms with Crippen molar-refractivity contribution in [3.8, 4) is 0 Å². The molecule has 21 heavy (non-hydrogen) atoms. The van der Waals surface area contributed by atoms with Gasteiger partial charge in [-0.3, -0.25) is 4.79 Å². The number of nitrogens with two attached hydrogens (primary N) is 1. The lowest BCUT2D eigenvalue weighted by Gasteiger charge is -2.08. The zero-order valence-electron chi connectivity index (χ0n) is 10.7. The first-order valence-corrected chi connectivity index (χ1v) is 6.75. The van der Waals surface area contributed by atoms with Crippen LogP contribution in [0.3, 0.4) is 0 Å². The molecule has 0 spiro atoms. The zero-order valence-corrected chi connectivity index (χ0v) is 11.6. The van der Waals surface area contributed by atoms with E-state index in [1.807, 2.05) is 0 Å². The van der Waals surface area contributed by atoms with Gasteiger partial charge in [0, 0.05) is 12.1 Å². The molecule has 114 valence electrons. The lowest BCUT2D eigenvalue weighted by atomic mass is 10.2. The van der Waals surface area contributed by atoms with Crippen LogP contribution < -0.4 is 11.1 Å². The molecular formula is C12H12F3N3O2S. The summed E-state index contributed by atoms with van der Waals surface area (Å²) in [5, 5.41) is 2.88. The average molecular weight is 319 g/mol. The first-order valence-electron chi connectivity index (χ1n) is 5.94. The van der Waals surface area contributed by atoms with E-state index in [1.165, 1.54) is 11.3 Å². The molecule has 2 aromatic rings. The first-order chi connectivity index (χ1) is 9.85. The van der Waals surface area contributed by atoms with Gasteiger partial charge in [-0.2, -0.15) is 13.2 Å². The van der Waals surface area contributed by atoms with Crippen molar-refractivity contribution in [1.29, 1.82) is 0 Å². The van der Waals surface area contributed by atoms with Gasteiger partial charge in [0.05, 0.1) is 16.8 Å². The molecule has 2 rings (SSSR count). The molecule has 0 aliphatic heterocycles. The van der Waals surface area contributed by atoms with Gasteiger partial charge in [-0.25, -0.2) is 4.98 Å². The van der Waals surface area contributed by atoms with Crippen molar-refractivity contribution >= 4 is 32.6 Å². The molecule has 5 nitrogen and oxygen atoms in total. The van der Waals surface area contributed by atoms with Crippen LogP contribution in [0, 0.1) is 0 Å². The zero-order chi connectivity index (χ0) is 15.5. The lowest BCUT2D eigenvalue weighted by molar-refractivity contribution is -0.173. The molecule has 1 aromatic carbocycles. The monoisotopic (exact) mass is 319 g/mol. The van der Waals surface area contributed by atoms with Gasteiger partial charge in [0.2, 0.25) is 0 Å². The van der Waals surface area contributed by atoms with E-state index in [9.17, 15) is 18.0 Å². The Morgan fingerprint density at radius 1 is 1.43 bits per heavy atom. The van der Waals surface area contributed by atoms with E-state index in [0.717, 1.165) is 4.70 Å². The highest BCUT2D eigenvalue weighted by Gasteiger charge is 2.27. The van der Waals surface area contributed by atoms with Crippen LogP contribution in [0.2, 0.25) is 0 Å². The second kappa shape index (κ2) is 6.27. The largest absolute Gasteiger partial charge is 0.411 e. The van der Waals surface area contributed by atoms with Crippen molar-refractivity contribution in [1.82, 2.24) is 10.3 Å². The quantitative estimate of drug-likeness (QED) is 0.828. The Kier molecular flexibility index (Phi) is 4.63. The highest BCUT2D eigenvalue weighted by atomic mass is 32.1. The molecule has 0 saturated heterocycles. The summed E-state index contributed by atoms with van der Waals surface area (Å²) in [6.07, 6.45) is -4.36. The maximum Gasteiger partial charge on any atom is 0.411 e. The molecule has 0 unspecified atom stereocenters. The molecule has 3 N–H and O–H groups in total. The average Bonchev–Trinajstić information content (AvgIpc) is 2.75. The molecule has 1 aromatic heterocycles. The summed E-state index contributed by atoms with van der Waals surface area (Å²) in [7, 11) is 0. The van der Waals surface area contributed by atoms with Crippen LogP contribution in [0.5, 0.6) is 0 Å².